The van der Waals surface area contributed by atoms with E-state index in [0.717, 1.165) is 47.7 Å². The number of para-hydroxylation sites is 1. The van der Waals surface area contributed by atoms with Gasteiger partial charge in [0.25, 0.3) is 0 Å². The molecule has 0 aliphatic heterocycles. The zero-order valence-electron chi connectivity index (χ0n) is 14.0. The number of rotatable bonds is 9. The molecular formula is C20H25NO2. The molecule has 2 aromatic rings. The molecule has 0 saturated carbocycles. The molecule has 3 heteroatoms. The summed E-state index contributed by atoms with van der Waals surface area (Å²) in [4.78, 5) is 0. The molecule has 1 N–H and O–H groups in total. The van der Waals surface area contributed by atoms with Crippen LogP contribution in [0.1, 0.15) is 24.5 Å². The molecule has 0 atom stereocenters. The summed E-state index contributed by atoms with van der Waals surface area (Å²) >= 11 is 0. The van der Waals surface area contributed by atoms with Crippen molar-refractivity contribution in [3.8, 4) is 11.5 Å². The van der Waals surface area contributed by atoms with Crippen LogP contribution in [0.5, 0.6) is 11.5 Å². The first-order chi connectivity index (χ1) is 11.3. The first-order valence-electron chi connectivity index (χ1n) is 8.00. The van der Waals surface area contributed by atoms with Crippen LogP contribution in [0.3, 0.4) is 0 Å². The molecule has 0 radical (unpaired) electrons. The molecule has 0 bridgehead atoms. The number of benzene rings is 2. The molecule has 0 saturated heterocycles. The molecule has 0 aliphatic rings. The number of ether oxygens (including phenoxy) is 2. The quantitative estimate of drug-likeness (QED) is 0.673. The second-order valence-electron chi connectivity index (χ2n) is 5.35. The van der Waals surface area contributed by atoms with E-state index in [1.807, 2.05) is 30.3 Å². The summed E-state index contributed by atoms with van der Waals surface area (Å²) in [5, 5.41) is 3.42. The monoisotopic (exact) mass is 311 g/mol. The topological polar surface area (TPSA) is 30.5 Å². The molecule has 2 aromatic carbocycles. The van der Waals surface area contributed by atoms with Gasteiger partial charge in [0, 0.05) is 17.8 Å². The lowest BCUT2D eigenvalue weighted by Crippen LogP contribution is -2.05. The fourth-order valence-corrected chi connectivity index (χ4v) is 2.41. The van der Waals surface area contributed by atoms with E-state index in [0.29, 0.717) is 6.61 Å². The minimum Gasteiger partial charge on any atom is -0.493 e. The maximum Gasteiger partial charge on any atom is 0.164 e. The summed E-state index contributed by atoms with van der Waals surface area (Å²) in [6.07, 6.45) is 3.62. The van der Waals surface area contributed by atoms with Crippen molar-refractivity contribution in [3.63, 3.8) is 0 Å². The molecule has 122 valence electrons. The van der Waals surface area contributed by atoms with E-state index >= 15 is 0 Å². The van der Waals surface area contributed by atoms with Crippen LogP contribution in [-0.2, 0) is 13.0 Å². The van der Waals surface area contributed by atoms with Crippen LogP contribution in [0, 0.1) is 0 Å². The van der Waals surface area contributed by atoms with Gasteiger partial charge in [-0.25, -0.2) is 0 Å². The number of anilines is 1. The lowest BCUT2D eigenvalue weighted by atomic mass is 10.1. The van der Waals surface area contributed by atoms with Crippen LogP contribution in [-0.4, -0.2) is 13.7 Å². The van der Waals surface area contributed by atoms with Crippen LogP contribution in [0.2, 0.25) is 0 Å². The van der Waals surface area contributed by atoms with E-state index in [4.69, 9.17) is 9.47 Å². The number of methoxy groups -OCH3 is 1. The molecule has 0 unspecified atom stereocenters. The molecule has 2 rings (SSSR count). The van der Waals surface area contributed by atoms with Gasteiger partial charge in [-0.3, -0.25) is 0 Å². The largest absolute Gasteiger partial charge is 0.493 e. The molecule has 0 spiro atoms. The molecule has 0 amide bonds. The van der Waals surface area contributed by atoms with Gasteiger partial charge >= 0.3 is 0 Å². The zero-order chi connectivity index (χ0) is 16.5. The van der Waals surface area contributed by atoms with E-state index in [1.165, 1.54) is 0 Å². The number of hydrogen-bond acceptors (Lipinski definition) is 3. The van der Waals surface area contributed by atoms with Crippen LogP contribution in [0.15, 0.2) is 55.1 Å². The van der Waals surface area contributed by atoms with Crippen molar-refractivity contribution in [1.29, 1.82) is 0 Å². The lowest BCUT2D eigenvalue weighted by Gasteiger charge is -2.17. The van der Waals surface area contributed by atoms with Crippen molar-refractivity contribution in [1.82, 2.24) is 0 Å². The van der Waals surface area contributed by atoms with Crippen molar-refractivity contribution in [2.24, 2.45) is 0 Å². The highest BCUT2D eigenvalue weighted by Gasteiger charge is 2.12. The second-order valence-corrected chi connectivity index (χ2v) is 5.35. The Kier molecular flexibility index (Phi) is 6.55. The van der Waals surface area contributed by atoms with Crippen molar-refractivity contribution in [2.75, 3.05) is 19.0 Å². The Labute approximate surface area is 138 Å². The van der Waals surface area contributed by atoms with Crippen molar-refractivity contribution in [2.45, 2.75) is 26.3 Å². The van der Waals surface area contributed by atoms with Gasteiger partial charge in [0.2, 0.25) is 0 Å². The van der Waals surface area contributed by atoms with Gasteiger partial charge in [-0.05, 0) is 42.7 Å². The van der Waals surface area contributed by atoms with Crippen LogP contribution < -0.4 is 14.8 Å². The highest BCUT2D eigenvalue weighted by Crippen LogP contribution is 2.34. The van der Waals surface area contributed by atoms with Crippen LogP contribution in [0.4, 0.5) is 5.69 Å². The Morgan fingerprint density at radius 1 is 1.17 bits per heavy atom. The summed E-state index contributed by atoms with van der Waals surface area (Å²) in [7, 11) is 1.68. The van der Waals surface area contributed by atoms with Crippen molar-refractivity contribution < 1.29 is 9.47 Å². The first kappa shape index (κ1) is 16.9. The molecule has 0 heterocycles. The average Bonchev–Trinajstić information content (AvgIpc) is 2.59. The second kappa shape index (κ2) is 8.89. The van der Waals surface area contributed by atoms with Gasteiger partial charge in [0.1, 0.15) is 0 Å². The minimum atomic E-state index is 0.683. The summed E-state index contributed by atoms with van der Waals surface area (Å²) in [6.45, 7) is 7.36. The molecule has 3 nitrogen and oxygen atoms in total. The third-order valence-electron chi connectivity index (χ3n) is 3.50. The lowest BCUT2D eigenvalue weighted by molar-refractivity contribution is 0.291. The van der Waals surface area contributed by atoms with E-state index in [2.05, 4.69) is 37.0 Å². The predicted octanol–water partition coefficient (Wildman–Crippen LogP) is 4.82. The van der Waals surface area contributed by atoms with Gasteiger partial charge in [-0.1, -0.05) is 31.2 Å². The van der Waals surface area contributed by atoms with Gasteiger partial charge in [-0.2, -0.15) is 0 Å². The molecule has 0 aliphatic carbocycles. The molecule has 23 heavy (non-hydrogen) atoms. The van der Waals surface area contributed by atoms with E-state index < -0.39 is 0 Å². The maximum absolute atomic E-state index is 5.89. The Morgan fingerprint density at radius 2 is 1.96 bits per heavy atom. The highest BCUT2D eigenvalue weighted by molar-refractivity contribution is 5.51. The fraction of sp³-hybridized carbons (Fsp3) is 0.300. The molecule has 0 fully saturated rings. The first-order valence-corrected chi connectivity index (χ1v) is 8.00. The summed E-state index contributed by atoms with van der Waals surface area (Å²) < 4.78 is 11.4. The Bertz CT molecular complexity index is 623. The fourth-order valence-electron chi connectivity index (χ4n) is 2.41. The summed E-state index contributed by atoms with van der Waals surface area (Å²) in [5.74, 6) is 1.61. The van der Waals surface area contributed by atoms with E-state index in [9.17, 15) is 0 Å². The van der Waals surface area contributed by atoms with Gasteiger partial charge < -0.3 is 14.8 Å². The minimum absolute atomic E-state index is 0.683. The van der Waals surface area contributed by atoms with E-state index in [-0.39, 0.29) is 0 Å². The van der Waals surface area contributed by atoms with Crippen molar-refractivity contribution >= 4 is 5.69 Å². The van der Waals surface area contributed by atoms with Crippen LogP contribution >= 0.6 is 0 Å². The number of hydrogen-bond donors (Lipinski definition) is 1. The number of allylic oxidation sites excluding steroid dienone is 1. The SMILES string of the molecule is C=CCc1cc(CNc2ccccc2)cc(OC)c1OCCC. The number of nitrogens with one attached hydrogen (secondary N) is 1. The zero-order valence-corrected chi connectivity index (χ0v) is 14.0. The van der Waals surface area contributed by atoms with Gasteiger partial charge in [-0.15, -0.1) is 6.58 Å². The predicted molar refractivity (Wildman–Crippen MR) is 96.4 cm³/mol. The normalized spacial score (nSPS) is 10.2. The Hall–Kier alpha value is -2.42. The Morgan fingerprint density at radius 3 is 2.61 bits per heavy atom. The third-order valence-corrected chi connectivity index (χ3v) is 3.50. The maximum atomic E-state index is 5.89. The highest BCUT2D eigenvalue weighted by atomic mass is 16.5. The summed E-state index contributed by atoms with van der Waals surface area (Å²) in [6, 6.07) is 14.4. The van der Waals surface area contributed by atoms with Crippen LogP contribution in [0.25, 0.3) is 0 Å². The average molecular weight is 311 g/mol. The van der Waals surface area contributed by atoms with Gasteiger partial charge in [0.05, 0.1) is 13.7 Å². The molecular weight excluding hydrogens is 286 g/mol. The van der Waals surface area contributed by atoms with E-state index in [1.54, 1.807) is 7.11 Å². The standard InChI is InChI=1S/C20H25NO2/c1-4-9-17-13-16(15-21-18-10-7-6-8-11-18)14-19(22-3)20(17)23-12-5-2/h4,6-8,10-11,13-14,21H,1,5,9,12,15H2,2-3H3. The third kappa shape index (κ3) is 4.78. The smallest absolute Gasteiger partial charge is 0.164 e. The van der Waals surface area contributed by atoms with Gasteiger partial charge in [0.15, 0.2) is 11.5 Å². The Balaban J connectivity index is 2.22. The molecule has 0 aromatic heterocycles. The van der Waals surface area contributed by atoms with Crippen molar-refractivity contribution in [3.05, 3.63) is 66.2 Å². The summed E-state index contributed by atoms with van der Waals surface area (Å²) in [5.41, 5.74) is 3.37.